The summed E-state index contributed by atoms with van der Waals surface area (Å²) in [6.07, 6.45) is 5.38. The zero-order valence-corrected chi connectivity index (χ0v) is 42.0. The standard InChI is InChI=1S/C47H66N8O15S2/c1-72-19-11-32(45(68)48-23-37(56)21-33(46(69)70)4-2-3-12-55-39(58)9-10-40(55)59)22-38(57)34-24-54(25-34)47(71)49-35-7-5-31(6-8-35)20-36-26-52(29-43(64)65)16-15-50(27-41(60)61)13-14-51(28-42(62)63)17-18-53(36)30-44(66)67/h5-10,32-34,36H,2-4,11-30H2,1H3,(H,48,68)(H,49,71)(H,60,61)(H,62,63)(H,64,65)(H,66,67)(H,69,70)/t32-,33-,36?/m1/s1. The van der Waals surface area contributed by atoms with E-state index in [-0.39, 0.29) is 103 Å². The summed E-state index contributed by atoms with van der Waals surface area (Å²) in [5.41, 5.74) is 1.41. The number of nitrogens with zero attached hydrogens (tertiary/aromatic N) is 6. The van der Waals surface area contributed by atoms with E-state index in [1.807, 2.05) is 18.4 Å². The minimum Gasteiger partial charge on any atom is -0.481 e. The summed E-state index contributed by atoms with van der Waals surface area (Å²) in [7, 11) is 0. The number of unbranched alkanes of at least 4 members (excludes halogenated alkanes) is 1. The van der Waals surface area contributed by atoms with Gasteiger partial charge in [0.25, 0.3) is 11.8 Å². The van der Waals surface area contributed by atoms with Gasteiger partial charge < -0.3 is 41.1 Å². The first-order chi connectivity index (χ1) is 34.2. The van der Waals surface area contributed by atoms with Gasteiger partial charge in [-0.25, -0.2) is 0 Å². The number of carbonyl (C=O) groups excluding carboxylic acids is 5. The van der Waals surface area contributed by atoms with Crippen LogP contribution in [-0.2, 0) is 54.4 Å². The Bertz CT molecular complexity index is 2140. The van der Waals surface area contributed by atoms with E-state index < -0.39 is 90.2 Å². The zero-order chi connectivity index (χ0) is 52.9. The highest BCUT2D eigenvalue weighted by atomic mass is 32.2. The van der Waals surface area contributed by atoms with Crippen LogP contribution in [0.5, 0.6) is 0 Å². The van der Waals surface area contributed by atoms with Crippen LogP contribution in [0.2, 0.25) is 0 Å². The Morgan fingerprint density at radius 2 is 1.25 bits per heavy atom. The smallest absolute Gasteiger partial charge is 0.317 e. The maximum atomic E-state index is 13.4. The number of rotatable bonds is 28. The lowest BCUT2D eigenvalue weighted by Crippen LogP contribution is -2.54. The third-order valence-electron chi connectivity index (χ3n) is 12.7. The van der Waals surface area contributed by atoms with E-state index >= 15 is 0 Å². The van der Waals surface area contributed by atoms with Crippen LogP contribution in [0.4, 0.5) is 5.69 Å². The van der Waals surface area contributed by atoms with Crippen molar-refractivity contribution in [1.82, 2.24) is 34.7 Å². The van der Waals surface area contributed by atoms with E-state index in [4.69, 9.17) is 12.2 Å². The Morgan fingerprint density at radius 1 is 0.694 bits per heavy atom. The molecule has 7 N–H and O–H groups in total. The fourth-order valence-electron chi connectivity index (χ4n) is 8.70. The molecule has 25 heteroatoms. The minimum atomic E-state index is -1.17. The van der Waals surface area contributed by atoms with Crippen molar-refractivity contribution in [3.05, 3.63) is 42.0 Å². The molecule has 1 unspecified atom stereocenters. The lowest BCUT2D eigenvalue weighted by Gasteiger charge is -2.40. The van der Waals surface area contributed by atoms with Crippen LogP contribution >= 0.6 is 24.0 Å². The normalized spacial score (nSPS) is 18.6. The molecular weight excluding hydrogens is 981 g/mol. The highest BCUT2D eigenvalue weighted by molar-refractivity contribution is 7.98. The number of ketones is 2. The molecule has 0 spiro atoms. The molecule has 1 aromatic rings. The van der Waals surface area contributed by atoms with Crippen molar-refractivity contribution in [2.24, 2.45) is 17.8 Å². The van der Waals surface area contributed by atoms with Crippen molar-refractivity contribution in [1.29, 1.82) is 0 Å². The van der Waals surface area contributed by atoms with Crippen LogP contribution in [-0.4, -0.2) is 235 Å². The number of anilines is 1. The third-order valence-corrected chi connectivity index (χ3v) is 13.7. The number of imide groups is 1. The molecule has 0 bridgehead atoms. The van der Waals surface area contributed by atoms with Crippen LogP contribution in [0.15, 0.2) is 36.4 Å². The molecule has 2 fully saturated rings. The predicted molar refractivity (Wildman–Crippen MR) is 266 cm³/mol. The van der Waals surface area contributed by atoms with Gasteiger partial charge in [0.1, 0.15) is 5.78 Å². The van der Waals surface area contributed by atoms with Gasteiger partial charge >= 0.3 is 29.8 Å². The number of nitrogens with one attached hydrogen (secondary N) is 2. The number of hydrogen-bond donors (Lipinski definition) is 7. The highest BCUT2D eigenvalue weighted by Crippen LogP contribution is 2.25. The van der Waals surface area contributed by atoms with Gasteiger partial charge in [-0.2, -0.15) is 11.8 Å². The van der Waals surface area contributed by atoms with Gasteiger partial charge in [0.2, 0.25) is 5.91 Å². The molecule has 4 rings (SSSR count). The zero-order valence-electron chi connectivity index (χ0n) is 40.4. The number of thiocarbonyl (C=S) groups is 1. The summed E-state index contributed by atoms with van der Waals surface area (Å²) < 4.78 is 0. The minimum absolute atomic E-state index is 0.0568. The van der Waals surface area contributed by atoms with Crippen molar-refractivity contribution < 1.29 is 73.5 Å². The molecule has 3 aliphatic heterocycles. The summed E-state index contributed by atoms with van der Waals surface area (Å²) in [4.78, 5) is 132. The maximum absolute atomic E-state index is 13.4. The summed E-state index contributed by atoms with van der Waals surface area (Å²) in [5.74, 6) is -9.07. The molecular formula is C47H66N8O15S2. The summed E-state index contributed by atoms with van der Waals surface area (Å²) in [6.45, 7) is 0.0677. The van der Waals surface area contributed by atoms with E-state index in [1.54, 1.807) is 36.6 Å². The molecule has 0 aromatic heterocycles. The Hall–Kier alpha value is -5.86. The lowest BCUT2D eigenvalue weighted by molar-refractivity contribution is -0.144. The van der Waals surface area contributed by atoms with Crippen molar-refractivity contribution in [2.75, 3.05) is 115 Å². The number of hydrogen-bond acceptors (Lipinski definition) is 16. The van der Waals surface area contributed by atoms with Crippen molar-refractivity contribution >= 4 is 93.9 Å². The van der Waals surface area contributed by atoms with Gasteiger partial charge in [-0.1, -0.05) is 18.6 Å². The van der Waals surface area contributed by atoms with Gasteiger partial charge in [0, 0.05) is 108 Å². The van der Waals surface area contributed by atoms with Crippen LogP contribution < -0.4 is 10.6 Å². The van der Waals surface area contributed by atoms with E-state index in [0.717, 1.165) is 10.5 Å². The number of likely N-dealkylation sites (tertiary alicyclic amines) is 1. The quantitative estimate of drug-likeness (QED) is 0.0330. The Labute approximate surface area is 426 Å². The predicted octanol–water partition coefficient (Wildman–Crippen LogP) is -0.0137. The Kier molecular flexibility index (Phi) is 24.1. The van der Waals surface area contributed by atoms with E-state index in [1.165, 1.54) is 23.9 Å². The van der Waals surface area contributed by atoms with Gasteiger partial charge in [-0.15, -0.1) is 0 Å². The molecule has 72 heavy (non-hydrogen) atoms. The molecule has 2 saturated heterocycles. The van der Waals surface area contributed by atoms with Gasteiger partial charge in [0.05, 0.1) is 44.6 Å². The Morgan fingerprint density at radius 3 is 1.81 bits per heavy atom. The fourth-order valence-corrected chi connectivity index (χ4v) is 9.49. The molecule has 23 nitrogen and oxygen atoms in total. The Balaban J connectivity index is 1.31. The molecule has 396 valence electrons. The lowest BCUT2D eigenvalue weighted by atomic mass is 9.87. The molecule has 3 heterocycles. The van der Waals surface area contributed by atoms with E-state index in [2.05, 4.69) is 10.6 Å². The van der Waals surface area contributed by atoms with E-state index in [9.17, 15) is 73.5 Å². The van der Waals surface area contributed by atoms with Gasteiger partial charge in [0.15, 0.2) is 10.9 Å². The molecule has 0 aliphatic carbocycles. The summed E-state index contributed by atoms with van der Waals surface area (Å²) >= 11 is 7.16. The van der Waals surface area contributed by atoms with Crippen LogP contribution in [0.1, 0.15) is 44.1 Å². The number of carboxylic acid groups (broad SMARTS) is 5. The van der Waals surface area contributed by atoms with Crippen molar-refractivity contribution in [3.63, 3.8) is 0 Å². The number of aliphatic carboxylic acids is 5. The van der Waals surface area contributed by atoms with Crippen LogP contribution in [0.3, 0.4) is 0 Å². The average molecular weight is 1050 g/mol. The monoisotopic (exact) mass is 1050 g/mol. The molecule has 3 atom stereocenters. The van der Waals surface area contributed by atoms with Crippen LogP contribution in [0.25, 0.3) is 0 Å². The molecule has 3 aliphatic rings. The summed E-state index contributed by atoms with van der Waals surface area (Å²) in [6, 6.07) is 6.64. The van der Waals surface area contributed by atoms with Gasteiger partial charge in [-0.05, 0) is 67.6 Å². The number of carbonyl (C=O) groups is 10. The first-order valence-electron chi connectivity index (χ1n) is 23.7. The molecule has 3 amide bonds. The van der Waals surface area contributed by atoms with E-state index in [0.29, 0.717) is 48.9 Å². The molecule has 0 saturated carbocycles. The SMILES string of the molecule is CSCC[C@H](CC(=O)C1CN(C(=S)Nc2ccc(CC3CN(CC(=O)O)CCN(CC(=O)O)CCN(CC(=O)O)CCN3CC(=O)O)cc2)C1)C(=O)NCC(=O)C[C@@H](CCCCN1C(=O)C=CC1=O)C(=O)O. The maximum Gasteiger partial charge on any atom is 0.317 e. The van der Waals surface area contributed by atoms with Crippen molar-refractivity contribution in [3.8, 4) is 0 Å². The fraction of sp³-hybridized carbons (Fsp3) is 0.596. The number of carboxylic acids is 5. The first-order valence-corrected chi connectivity index (χ1v) is 25.5. The van der Waals surface area contributed by atoms with Crippen LogP contribution in [0, 0.1) is 17.8 Å². The van der Waals surface area contributed by atoms with Crippen molar-refractivity contribution in [2.45, 2.75) is 51.0 Å². The third kappa shape index (κ3) is 20.3. The number of benzene rings is 1. The molecule has 1 aromatic carbocycles. The second kappa shape index (κ2) is 29.6. The first kappa shape index (κ1) is 58.7. The number of Topliss-reactive ketones (excluding diaryl/α,β-unsaturated/α-hetero) is 2. The number of thioether (sulfide) groups is 1. The second-order valence-electron chi connectivity index (χ2n) is 18.2. The second-order valence-corrected chi connectivity index (χ2v) is 19.6. The average Bonchev–Trinajstić information content (AvgIpc) is 3.61. The van der Waals surface area contributed by atoms with Gasteiger partial charge in [-0.3, -0.25) is 72.4 Å². The molecule has 0 radical (unpaired) electrons. The highest BCUT2D eigenvalue weighted by Gasteiger charge is 2.36. The number of amides is 3. The summed E-state index contributed by atoms with van der Waals surface area (Å²) in [5, 5.41) is 54.6. The topological polar surface area (TPSA) is 315 Å². The largest absolute Gasteiger partial charge is 0.481 e.